The lowest BCUT2D eigenvalue weighted by Gasteiger charge is -2.01. The zero-order chi connectivity index (χ0) is 14.8. The Bertz CT molecular complexity index is 832. The highest BCUT2D eigenvalue weighted by molar-refractivity contribution is 5.86. The van der Waals surface area contributed by atoms with Gasteiger partial charge in [-0.25, -0.2) is 0 Å². The van der Waals surface area contributed by atoms with Crippen molar-refractivity contribution in [3.8, 4) is 11.3 Å². The maximum atomic E-state index is 11.9. The van der Waals surface area contributed by atoms with Crippen LogP contribution in [-0.2, 0) is 6.54 Å². The number of nitrogens with one attached hydrogen (secondary N) is 3. The summed E-state index contributed by atoms with van der Waals surface area (Å²) < 4.78 is 0. The third-order valence-electron chi connectivity index (χ3n) is 3.48. The van der Waals surface area contributed by atoms with E-state index in [4.69, 9.17) is 5.73 Å². The van der Waals surface area contributed by atoms with Gasteiger partial charge in [0.2, 0.25) is 0 Å². The zero-order valence-electron chi connectivity index (χ0n) is 11.9. The summed E-state index contributed by atoms with van der Waals surface area (Å²) >= 11 is 0. The molecule has 2 heterocycles. The second-order valence-corrected chi connectivity index (χ2v) is 5.06. The van der Waals surface area contributed by atoms with Crippen molar-refractivity contribution in [1.82, 2.24) is 15.3 Å². The van der Waals surface area contributed by atoms with Crippen LogP contribution in [0.3, 0.4) is 0 Å². The molecule has 0 saturated heterocycles. The Morgan fingerprint density at radius 1 is 1.24 bits per heavy atom. The quantitative estimate of drug-likeness (QED) is 0.592. The van der Waals surface area contributed by atoms with E-state index >= 15 is 0 Å². The van der Waals surface area contributed by atoms with Gasteiger partial charge in [0.15, 0.2) is 0 Å². The van der Waals surface area contributed by atoms with Gasteiger partial charge in [-0.3, -0.25) is 4.79 Å². The topological polar surface area (TPSA) is 86.7 Å². The molecule has 0 unspecified atom stereocenters. The second-order valence-electron chi connectivity index (χ2n) is 5.06. The second kappa shape index (κ2) is 5.46. The number of fused-ring (bicyclic) bond motifs is 1. The van der Waals surface area contributed by atoms with E-state index in [0.29, 0.717) is 11.3 Å². The molecule has 0 bridgehead atoms. The number of benzene rings is 1. The van der Waals surface area contributed by atoms with E-state index in [1.807, 2.05) is 12.1 Å². The molecule has 0 saturated carbocycles. The van der Waals surface area contributed by atoms with E-state index in [1.54, 1.807) is 6.07 Å². The van der Waals surface area contributed by atoms with Crippen LogP contribution in [0.1, 0.15) is 12.5 Å². The fourth-order valence-electron chi connectivity index (χ4n) is 2.41. The van der Waals surface area contributed by atoms with Crippen molar-refractivity contribution in [1.29, 1.82) is 0 Å². The van der Waals surface area contributed by atoms with Gasteiger partial charge in [0.25, 0.3) is 5.56 Å². The first-order valence-corrected chi connectivity index (χ1v) is 6.98. The molecule has 5 N–H and O–H groups in total. The van der Waals surface area contributed by atoms with Crippen molar-refractivity contribution in [2.24, 2.45) is 0 Å². The monoisotopic (exact) mass is 282 g/mol. The summed E-state index contributed by atoms with van der Waals surface area (Å²) in [7, 11) is 0. The van der Waals surface area contributed by atoms with Gasteiger partial charge in [-0.15, -0.1) is 0 Å². The minimum Gasteiger partial charge on any atom is -0.398 e. The minimum absolute atomic E-state index is 0.149. The van der Waals surface area contributed by atoms with Gasteiger partial charge in [0.05, 0.1) is 11.3 Å². The molecule has 0 amide bonds. The number of hydrogen-bond donors (Lipinski definition) is 4. The molecule has 0 atom stereocenters. The highest BCUT2D eigenvalue weighted by Crippen LogP contribution is 2.23. The number of anilines is 1. The molecular formula is C16H18N4O. The number of rotatable bonds is 4. The highest BCUT2D eigenvalue weighted by atomic mass is 16.1. The summed E-state index contributed by atoms with van der Waals surface area (Å²) in [4.78, 5) is 17.8. The van der Waals surface area contributed by atoms with E-state index in [1.165, 1.54) is 11.8 Å². The van der Waals surface area contributed by atoms with Gasteiger partial charge in [0, 0.05) is 29.3 Å². The fraction of sp³-hybridized carbons (Fsp3) is 0.188. The smallest absolute Gasteiger partial charge is 0.257 e. The number of H-pyrrole nitrogens is 2. The summed E-state index contributed by atoms with van der Waals surface area (Å²) in [5.41, 5.74) is 9.69. The lowest BCUT2D eigenvalue weighted by molar-refractivity contribution is 0.727. The molecule has 5 heteroatoms. The molecule has 0 radical (unpaired) electrons. The van der Waals surface area contributed by atoms with Crippen LogP contribution in [0.25, 0.3) is 22.2 Å². The van der Waals surface area contributed by atoms with Crippen LogP contribution in [0.4, 0.5) is 5.69 Å². The maximum Gasteiger partial charge on any atom is 0.257 e. The first-order valence-electron chi connectivity index (χ1n) is 6.98. The van der Waals surface area contributed by atoms with E-state index < -0.39 is 0 Å². The Labute approximate surface area is 122 Å². The molecule has 1 aromatic carbocycles. The van der Waals surface area contributed by atoms with E-state index in [9.17, 15) is 4.79 Å². The van der Waals surface area contributed by atoms with Crippen LogP contribution < -0.4 is 16.6 Å². The number of aromatic amines is 2. The summed E-state index contributed by atoms with van der Waals surface area (Å²) in [5.74, 6) is 0. The van der Waals surface area contributed by atoms with Gasteiger partial charge < -0.3 is 21.0 Å². The minimum atomic E-state index is -0.149. The van der Waals surface area contributed by atoms with Gasteiger partial charge in [-0.05, 0) is 36.4 Å². The lowest BCUT2D eigenvalue weighted by atomic mass is 10.1. The van der Waals surface area contributed by atoms with Crippen LogP contribution in [-0.4, -0.2) is 16.5 Å². The van der Waals surface area contributed by atoms with Gasteiger partial charge in [-0.2, -0.15) is 0 Å². The first-order chi connectivity index (χ1) is 10.2. The van der Waals surface area contributed by atoms with E-state index in [-0.39, 0.29) is 5.56 Å². The number of nitrogen functional groups attached to an aromatic ring is 1. The van der Waals surface area contributed by atoms with Crippen molar-refractivity contribution < 1.29 is 0 Å². The molecule has 108 valence electrons. The van der Waals surface area contributed by atoms with Crippen molar-refractivity contribution in [3.05, 3.63) is 52.4 Å². The van der Waals surface area contributed by atoms with Crippen LogP contribution in [0.2, 0.25) is 0 Å². The standard InChI is InChI=1S/C16H18N4O/c1-2-18-8-10-3-4-14-11(5-10)6-15(20-14)13-7-12(17)9-19-16(13)21/h3-7,9,18,20H,2,8,17H2,1H3,(H,19,21). The Hall–Kier alpha value is -2.53. The van der Waals surface area contributed by atoms with Crippen LogP contribution >= 0.6 is 0 Å². The molecule has 0 aliphatic rings. The van der Waals surface area contributed by atoms with Crippen molar-refractivity contribution >= 4 is 16.6 Å². The summed E-state index contributed by atoms with van der Waals surface area (Å²) in [6.45, 7) is 3.86. The third kappa shape index (κ3) is 2.68. The molecule has 0 fully saturated rings. The highest BCUT2D eigenvalue weighted by Gasteiger charge is 2.08. The summed E-state index contributed by atoms with van der Waals surface area (Å²) in [6, 6.07) is 9.90. The molecule has 21 heavy (non-hydrogen) atoms. The van der Waals surface area contributed by atoms with Crippen LogP contribution in [0.5, 0.6) is 0 Å². The predicted octanol–water partition coefficient (Wildman–Crippen LogP) is 2.21. The van der Waals surface area contributed by atoms with Crippen molar-refractivity contribution in [3.63, 3.8) is 0 Å². The number of nitrogens with two attached hydrogens (primary N) is 1. The SMILES string of the molecule is CCNCc1ccc2[nH]c(-c3cc(N)c[nH]c3=O)cc2c1. The first kappa shape index (κ1) is 13.5. The lowest BCUT2D eigenvalue weighted by Crippen LogP contribution is -2.11. The Kier molecular flexibility index (Phi) is 3.50. The molecule has 0 aliphatic carbocycles. The van der Waals surface area contributed by atoms with E-state index in [2.05, 4.69) is 34.3 Å². The van der Waals surface area contributed by atoms with Crippen LogP contribution in [0, 0.1) is 0 Å². The Balaban J connectivity index is 2.04. The number of hydrogen-bond acceptors (Lipinski definition) is 3. The average Bonchev–Trinajstić information content (AvgIpc) is 2.90. The molecule has 0 spiro atoms. The van der Waals surface area contributed by atoms with Crippen molar-refractivity contribution in [2.45, 2.75) is 13.5 Å². The summed E-state index contributed by atoms with van der Waals surface area (Å²) in [5, 5.41) is 4.39. The largest absolute Gasteiger partial charge is 0.398 e. The molecule has 3 rings (SSSR count). The number of pyridine rings is 1. The number of aromatic nitrogens is 2. The molecule has 2 aromatic heterocycles. The average molecular weight is 282 g/mol. The normalized spacial score (nSPS) is 11.1. The van der Waals surface area contributed by atoms with Gasteiger partial charge >= 0.3 is 0 Å². The van der Waals surface area contributed by atoms with Crippen LogP contribution in [0.15, 0.2) is 41.3 Å². The maximum absolute atomic E-state index is 11.9. The van der Waals surface area contributed by atoms with Gasteiger partial charge in [-0.1, -0.05) is 13.0 Å². The van der Waals surface area contributed by atoms with Gasteiger partial charge in [0.1, 0.15) is 0 Å². The fourth-order valence-corrected chi connectivity index (χ4v) is 2.41. The molecule has 3 aromatic rings. The zero-order valence-corrected chi connectivity index (χ0v) is 11.9. The molecule has 0 aliphatic heterocycles. The molecule has 5 nitrogen and oxygen atoms in total. The predicted molar refractivity (Wildman–Crippen MR) is 86.1 cm³/mol. The van der Waals surface area contributed by atoms with E-state index in [0.717, 1.165) is 29.7 Å². The Morgan fingerprint density at radius 2 is 2.10 bits per heavy atom. The molecular weight excluding hydrogens is 264 g/mol. The summed E-state index contributed by atoms with van der Waals surface area (Å²) in [6.07, 6.45) is 1.50. The Morgan fingerprint density at radius 3 is 2.90 bits per heavy atom. The van der Waals surface area contributed by atoms with Crippen molar-refractivity contribution in [2.75, 3.05) is 12.3 Å². The third-order valence-corrected chi connectivity index (χ3v) is 3.48.